The van der Waals surface area contributed by atoms with Crippen molar-refractivity contribution >= 4 is 17.0 Å². The van der Waals surface area contributed by atoms with Crippen LogP contribution in [0.15, 0.2) is 66.9 Å². The van der Waals surface area contributed by atoms with E-state index in [9.17, 15) is 5.11 Å². The summed E-state index contributed by atoms with van der Waals surface area (Å²) >= 11 is 0. The maximum absolute atomic E-state index is 10.3. The molecule has 2 atom stereocenters. The number of aromatic nitrogens is 1. The Hall–Kier alpha value is -2.73. The summed E-state index contributed by atoms with van der Waals surface area (Å²) in [4.78, 5) is 6.94. The Labute approximate surface area is 190 Å². The van der Waals surface area contributed by atoms with Gasteiger partial charge < -0.3 is 15.2 Å². The number of ether oxygens (including phenoxy) is 1. The summed E-state index contributed by atoms with van der Waals surface area (Å²) in [5.74, 6) is 1.39. The van der Waals surface area contributed by atoms with E-state index in [4.69, 9.17) is 4.74 Å². The average molecular weight is 432 g/mol. The van der Waals surface area contributed by atoms with Crippen LogP contribution >= 0.6 is 0 Å². The van der Waals surface area contributed by atoms with Gasteiger partial charge in [-0.15, -0.1) is 0 Å². The Bertz CT molecular complexity index is 1020. The number of nitrogens with zero attached hydrogens (tertiary/aromatic N) is 2. The summed E-state index contributed by atoms with van der Waals surface area (Å²) in [6.45, 7) is 3.93. The third-order valence-electron chi connectivity index (χ3n) is 6.31. The number of rotatable bonds is 9. The van der Waals surface area contributed by atoms with Crippen LogP contribution in [-0.2, 0) is 0 Å². The molecule has 3 aromatic rings. The number of likely N-dealkylation sites (tertiary alicyclic amines) is 1. The van der Waals surface area contributed by atoms with E-state index in [0.29, 0.717) is 5.92 Å². The lowest BCUT2D eigenvalue weighted by molar-refractivity contribution is 0.0803. The molecular weight excluding hydrogens is 398 g/mol. The van der Waals surface area contributed by atoms with Gasteiger partial charge in [0.05, 0.1) is 25.3 Å². The number of fused-ring (bicyclic) bond motifs is 1. The number of nitrogens with one attached hydrogen (secondary N) is 1. The first-order valence-electron chi connectivity index (χ1n) is 11.5. The molecule has 2 heterocycles. The maximum Gasteiger partial charge on any atom is 0.119 e. The molecule has 0 amide bonds. The van der Waals surface area contributed by atoms with Crippen LogP contribution < -0.4 is 10.1 Å². The van der Waals surface area contributed by atoms with E-state index in [1.807, 2.05) is 36.5 Å². The number of methoxy groups -OCH3 is 1. The van der Waals surface area contributed by atoms with Gasteiger partial charge in [-0.2, -0.15) is 0 Å². The number of pyridine rings is 1. The van der Waals surface area contributed by atoms with Gasteiger partial charge in [-0.1, -0.05) is 42.5 Å². The molecule has 32 heavy (non-hydrogen) atoms. The minimum Gasteiger partial charge on any atom is -0.497 e. The molecular formula is C27H33N3O2. The summed E-state index contributed by atoms with van der Waals surface area (Å²) in [7, 11) is 1.68. The van der Waals surface area contributed by atoms with Crippen LogP contribution in [0, 0.1) is 5.92 Å². The fourth-order valence-corrected chi connectivity index (χ4v) is 4.65. The molecule has 0 bridgehead atoms. The average Bonchev–Trinajstić information content (AvgIpc) is 2.85. The van der Waals surface area contributed by atoms with Crippen molar-refractivity contribution in [3.63, 3.8) is 0 Å². The molecule has 1 aromatic heterocycles. The lowest BCUT2D eigenvalue weighted by Crippen LogP contribution is -2.42. The van der Waals surface area contributed by atoms with Crippen molar-refractivity contribution in [1.82, 2.24) is 15.2 Å². The summed E-state index contributed by atoms with van der Waals surface area (Å²) in [6.07, 6.45) is 8.55. The van der Waals surface area contributed by atoms with E-state index in [0.717, 1.165) is 54.8 Å². The van der Waals surface area contributed by atoms with E-state index < -0.39 is 0 Å². The number of aliphatic hydroxyl groups is 1. The first kappa shape index (κ1) is 22.5. The highest BCUT2D eigenvalue weighted by Crippen LogP contribution is 2.32. The summed E-state index contributed by atoms with van der Waals surface area (Å²) in [6, 6.07) is 18.3. The highest BCUT2D eigenvalue weighted by molar-refractivity contribution is 5.84. The molecule has 0 spiro atoms. The normalized spacial score (nSPS) is 18.2. The van der Waals surface area contributed by atoms with Crippen LogP contribution in [0.3, 0.4) is 0 Å². The third kappa shape index (κ3) is 5.54. The number of hydrogen-bond donors (Lipinski definition) is 2. The Morgan fingerprint density at radius 2 is 2.09 bits per heavy atom. The highest BCUT2D eigenvalue weighted by atomic mass is 16.5. The molecule has 2 aromatic carbocycles. The molecule has 1 saturated heterocycles. The fraction of sp³-hybridized carbons (Fsp3) is 0.370. The number of aliphatic hydroxyl groups excluding tert-OH is 1. The molecule has 5 nitrogen and oxygen atoms in total. The van der Waals surface area contributed by atoms with Crippen molar-refractivity contribution in [2.24, 2.45) is 5.92 Å². The van der Waals surface area contributed by atoms with Gasteiger partial charge in [0.2, 0.25) is 0 Å². The number of hydrogen-bond acceptors (Lipinski definition) is 5. The first-order chi connectivity index (χ1) is 15.8. The van der Waals surface area contributed by atoms with Gasteiger partial charge in [0.25, 0.3) is 0 Å². The number of piperidine rings is 1. The van der Waals surface area contributed by atoms with Crippen LogP contribution in [0.4, 0.5) is 0 Å². The van der Waals surface area contributed by atoms with Gasteiger partial charge in [-0.25, -0.2) is 0 Å². The predicted octanol–water partition coefficient (Wildman–Crippen LogP) is 4.29. The smallest absolute Gasteiger partial charge is 0.119 e. The Morgan fingerprint density at radius 1 is 1.22 bits per heavy atom. The van der Waals surface area contributed by atoms with Crippen LogP contribution in [0.25, 0.3) is 17.0 Å². The molecule has 2 N–H and O–H groups in total. The molecule has 0 radical (unpaired) electrons. The van der Waals surface area contributed by atoms with Gasteiger partial charge in [-0.05, 0) is 67.2 Å². The second kappa shape index (κ2) is 11.2. The van der Waals surface area contributed by atoms with E-state index in [-0.39, 0.29) is 12.6 Å². The number of benzene rings is 2. The zero-order chi connectivity index (χ0) is 22.2. The predicted molar refractivity (Wildman–Crippen MR) is 131 cm³/mol. The highest BCUT2D eigenvalue weighted by Gasteiger charge is 2.27. The molecule has 5 heteroatoms. The molecule has 1 unspecified atom stereocenters. The minimum atomic E-state index is -0.0339. The molecule has 0 saturated carbocycles. The zero-order valence-corrected chi connectivity index (χ0v) is 18.8. The summed E-state index contributed by atoms with van der Waals surface area (Å²) < 4.78 is 5.43. The zero-order valence-electron chi connectivity index (χ0n) is 18.8. The Kier molecular flexibility index (Phi) is 7.88. The first-order valence-corrected chi connectivity index (χ1v) is 11.5. The van der Waals surface area contributed by atoms with Crippen molar-refractivity contribution in [3.8, 4) is 5.75 Å². The van der Waals surface area contributed by atoms with Crippen LogP contribution in [-0.4, -0.2) is 54.9 Å². The van der Waals surface area contributed by atoms with E-state index >= 15 is 0 Å². The van der Waals surface area contributed by atoms with Crippen molar-refractivity contribution in [2.45, 2.75) is 18.9 Å². The standard InChI is InChI=1S/C27H33N3O2/c1-32-23-11-12-26-25(17-23)24(13-15-29-26)27(20-31)30-16-6-10-22(19-30)18-28-14-5-9-21-7-3-2-4-8-21/h2-5,7-9,11-13,15,17,22,27-28,31H,6,10,14,16,18-20H2,1H3/t22-,27?/m1/s1. The lowest BCUT2D eigenvalue weighted by atomic mass is 9.93. The van der Waals surface area contributed by atoms with Crippen LogP contribution in [0.2, 0.25) is 0 Å². The molecule has 1 aliphatic heterocycles. The van der Waals surface area contributed by atoms with Crippen molar-refractivity contribution in [1.29, 1.82) is 0 Å². The van der Waals surface area contributed by atoms with Crippen LogP contribution in [0.5, 0.6) is 5.75 Å². The second-order valence-corrected chi connectivity index (χ2v) is 8.46. The largest absolute Gasteiger partial charge is 0.497 e. The van der Waals surface area contributed by atoms with E-state index in [1.165, 1.54) is 12.0 Å². The van der Waals surface area contributed by atoms with Gasteiger partial charge >= 0.3 is 0 Å². The molecule has 1 aliphatic rings. The SMILES string of the molecule is COc1ccc2nccc(C(CO)N3CCC[C@H](CNCC=Cc4ccccc4)C3)c2c1. The summed E-state index contributed by atoms with van der Waals surface area (Å²) in [5, 5.41) is 15.0. The van der Waals surface area contributed by atoms with Crippen molar-refractivity contribution in [2.75, 3.05) is 39.9 Å². The molecule has 168 valence electrons. The third-order valence-corrected chi connectivity index (χ3v) is 6.31. The summed E-state index contributed by atoms with van der Waals surface area (Å²) in [5.41, 5.74) is 3.28. The maximum atomic E-state index is 10.3. The lowest BCUT2D eigenvalue weighted by Gasteiger charge is -2.38. The van der Waals surface area contributed by atoms with Crippen molar-refractivity contribution in [3.05, 3.63) is 78.0 Å². The van der Waals surface area contributed by atoms with Gasteiger partial charge in [0.1, 0.15) is 5.75 Å². The van der Waals surface area contributed by atoms with Crippen LogP contribution in [0.1, 0.15) is 30.0 Å². The Morgan fingerprint density at radius 3 is 2.91 bits per heavy atom. The minimum absolute atomic E-state index is 0.0339. The topological polar surface area (TPSA) is 57.6 Å². The Balaban J connectivity index is 1.38. The second-order valence-electron chi connectivity index (χ2n) is 8.46. The van der Waals surface area contributed by atoms with Gasteiger partial charge in [0.15, 0.2) is 0 Å². The molecule has 1 fully saturated rings. The quantitative estimate of drug-likeness (QED) is 0.495. The van der Waals surface area contributed by atoms with Gasteiger partial charge in [0, 0.05) is 24.7 Å². The molecule has 4 rings (SSSR count). The molecule has 0 aliphatic carbocycles. The van der Waals surface area contributed by atoms with E-state index in [2.05, 4.69) is 51.6 Å². The monoisotopic (exact) mass is 431 g/mol. The fourth-order valence-electron chi connectivity index (χ4n) is 4.65. The van der Waals surface area contributed by atoms with Crippen molar-refractivity contribution < 1.29 is 9.84 Å². The van der Waals surface area contributed by atoms with E-state index in [1.54, 1.807) is 7.11 Å². The van der Waals surface area contributed by atoms with Gasteiger partial charge in [-0.3, -0.25) is 9.88 Å².